The van der Waals surface area contributed by atoms with Crippen molar-refractivity contribution in [3.63, 3.8) is 0 Å². The number of amides is 1. The molecule has 100 valence electrons. The largest absolute Gasteiger partial charge is 0.480 e. The number of thioether (sulfide) groups is 1. The third kappa shape index (κ3) is 4.23. The fraction of sp³-hybridized carbons (Fsp3) is 0.500. The number of carbonyl (C=O) groups is 2. The molecule has 1 aromatic heterocycles. The lowest BCUT2D eigenvalue weighted by Gasteiger charge is -2.12. The molecule has 0 bridgehead atoms. The molecule has 0 radical (unpaired) electrons. The average molecular weight is 292 g/mol. The Morgan fingerprint density at radius 1 is 1.67 bits per heavy atom. The number of hydrogen-bond donors (Lipinski definition) is 2. The van der Waals surface area contributed by atoms with Crippen LogP contribution in [0.1, 0.15) is 12.7 Å². The van der Waals surface area contributed by atoms with Gasteiger partial charge in [0.25, 0.3) is 0 Å². The van der Waals surface area contributed by atoms with Crippen LogP contribution in [-0.4, -0.2) is 38.3 Å². The standard InChI is InChI=1S/C10H14ClN3O3S/c1-6(15)13-7(10(16)17)4-18-5-9-12-3-8(11)14(9)2/h3,7H,4-5H2,1-2H3,(H,13,15)(H,16,17). The van der Waals surface area contributed by atoms with Gasteiger partial charge >= 0.3 is 5.97 Å². The van der Waals surface area contributed by atoms with Crippen LogP contribution in [0.4, 0.5) is 0 Å². The Kier molecular flexibility index (Phi) is 5.49. The molecule has 1 rings (SSSR count). The van der Waals surface area contributed by atoms with Gasteiger partial charge in [-0.15, -0.1) is 0 Å². The number of imidazole rings is 1. The Balaban J connectivity index is 2.46. The van der Waals surface area contributed by atoms with Crippen molar-refractivity contribution in [3.05, 3.63) is 17.2 Å². The molecule has 0 aliphatic carbocycles. The highest BCUT2D eigenvalue weighted by Gasteiger charge is 2.18. The molecular weight excluding hydrogens is 278 g/mol. The first kappa shape index (κ1) is 14.8. The molecule has 1 aromatic rings. The molecule has 8 heteroatoms. The van der Waals surface area contributed by atoms with Crippen molar-refractivity contribution in [2.45, 2.75) is 18.7 Å². The number of carboxylic acids is 1. The topological polar surface area (TPSA) is 84.2 Å². The Hall–Kier alpha value is -1.21. The second kappa shape index (κ2) is 6.65. The van der Waals surface area contributed by atoms with Crippen molar-refractivity contribution in [1.29, 1.82) is 0 Å². The number of halogens is 1. The van der Waals surface area contributed by atoms with Gasteiger partial charge in [0.05, 0.1) is 11.9 Å². The minimum absolute atomic E-state index is 0.277. The van der Waals surface area contributed by atoms with E-state index in [9.17, 15) is 9.59 Å². The summed E-state index contributed by atoms with van der Waals surface area (Å²) in [4.78, 5) is 25.8. The number of carboxylic acid groups (broad SMARTS) is 1. The molecule has 0 fully saturated rings. The van der Waals surface area contributed by atoms with Gasteiger partial charge in [-0.1, -0.05) is 11.6 Å². The summed E-state index contributed by atoms with van der Waals surface area (Å²) in [6, 6.07) is -0.886. The molecule has 1 amide bonds. The normalized spacial score (nSPS) is 12.2. The summed E-state index contributed by atoms with van der Waals surface area (Å²) in [5.74, 6) is 0.168. The molecule has 1 atom stereocenters. The van der Waals surface area contributed by atoms with Gasteiger partial charge < -0.3 is 15.0 Å². The van der Waals surface area contributed by atoms with E-state index >= 15 is 0 Å². The number of carbonyl (C=O) groups excluding carboxylic acids is 1. The molecule has 2 N–H and O–H groups in total. The molecule has 0 saturated heterocycles. The predicted molar refractivity (Wildman–Crippen MR) is 69.6 cm³/mol. The van der Waals surface area contributed by atoms with Crippen LogP contribution in [-0.2, 0) is 22.4 Å². The second-order valence-corrected chi connectivity index (χ2v) is 5.08. The van der Waals surface area contributed by atoms with Gasteiger partial charge in [0.1, 0.15) is 17.0 Å². The zero-order valence-corrected chi connectivity index (χ0v) is 11.6. The highest BCUT2D eigenvalue weighted by molar-refractivity contribution is 7.98. The quantitative estimate of drug-likeness (QED) is 0.813. The Morgan fingerprint density at radius 2 is 2.33 bits per heavy atom. The smallest absolute Gasteiger partial charge is 0.327 e. The van der Waals surface area contributed by atoms with E-state index in [0.717, 1.165) is 5.82 Å². The van der Waals surface area contributed by atoms with E-state index in [2.05, 4.69) is 10.3 Å². The number of nitrogens with zero attached hydrogens (tertiary/aromatic N) is 2. The predicted octanol–water partition coefficient (Wildman–Crippen LogP) is 0.896. The summed E-state index contributed by atoms with van der Waals surface area (Å²) in [5.41, 5.74) is 0. The lowest BCUT2D eigenvalue weighted by atomic mass is 10.3. The number of nitrogens with one attached hydrogen (secondary N) is 1. The number of aromatic nitrogens is 2. The Morgan fingerprint density at radius 3 is 2.78 bits per heavy atom. The van der Waals surface area contributed by atoms with E-state index in [1.165, 1.54) is 18.7 Å². The fourth-order valence-electron chi connectivity index (χ4n) is 1.25. The van der Waals surface area contributed by atoms with E-state index < -0.39 is 12.0 Å². The molecule has 0 saturated carbocycles. The molecule has 1 unspecified atom stereocenters. The molecule has 18 heavy (non-hydrogen) atoms. The van der Waals surface area contributed by atoms with Crippen LogP contribution in [0.3, 0.4) is 0 Å². The molecule has 0 spiro atoms. The molecule has 0 aliphatic heterocycles. The molecular formula is C10H14ClN3O3S. The van der Waals surface area contributed by atoms with E-state index in [1.54, 1.807) is 17.8 Å². The summed E-state index contributed by atoms with van der Waals surface area (Å²) in [6.07, 6.45) is 1.54. The molecule has 1 heterocycles. The minimum atomic E-state index is -1.05. The van der Waals surface area contributed by atoms with Crippen LogP contribution in [0.2, 0.25) is 5.15 Å². The first-order chi connectivity index (χ1) is 8.41. The molecule has 0 aliphatic rings. The molecule has 0 aromatic carbocycles. The van der Waals surface area contributed by atoms with Gasteiger partial charge in [-0.05, 0) is 0 Å². The first-order valence-electron chi connectivity index (χ1n) is 5.15. The van der Waals surface area contributed by atoms with Crippen LogP contribution >= 0.6 is 23.4 Å². The van der Waals surface area contributed by atoms with Crippen molar-refractivity contribution in [1.82, 2.24) is 14.9 Å². The Bertz CT molecular complexity index is 450. The van der Waals surface area contributed by atoms with Gasteiger partial charge in [0, 0.05) is 19.7 Å². The summed E-state index contributed by atoms with van der Waals surface area (Å²) in [7, 11) is 1.79. The highest BCUT2D eigenvalue weighted by Crippen LogP contribution is 2.15. The van der Waals surface area contributed by atoms with Crippen LogP contribution in [0.15, 0.2) is 6.20 Å². The van der Waals surface area contributed by atoms with E-state index in [-0.39, 0.29) is 11.7 Å². The van der Waals surface area contributed by atoms with E-state index in [4.69, 9.17) is 16.7 Å². The second-order valence-electron chi connectivity index (χ2n) is 3.66. The van der Waals surface area contributed by atoms with Crippen LogP contribution in [0.5, 0.6) is 0 Å². The van der Waals surface area contributed by atoms with Crippen LogP contribution in [0, 0.1) is 0 Å². The van der Waals surface area contributed by atoms with E-state index in [0.29, 0.717) is 10.9 Å². The minimum Gasteiger partial charge on any atom is -0.480 e. The monoisotopic (exact) mass is 291 g/mol. The van der Waals surface area contributed by atoms with Crippen LogP contribution < -0.4 is 5.32 Å². The third-order valence-corrected chi connectivity index (χ3v) is 3.60. The van der Waals surface area contributed by atoms with Gasteiger partial charge in [-0.2, -0.15) is 11.8 Å². The van der Waals surface area contributed by atoms with Gasteiger partial charge in [0.2, 0.25) is 5.91 Å². The average Bonchev–Trinajstić information content (AvgIpc) is 2.58. The zero-order valence-electron chi connectivity index (χ0n) is 10.0. The lowest BCUT2D eigenvalue weighted by molar-refractivity contribution is -0.140. The van der Waals surface area contributed by atoms with Crippen molar-refractivity contribution < 1.29 is 14.7 Å². The lowest BCUT2D eigenvalue weighted by Crippen LogP contribution is -2.41. The third-order valence-electron chi connectivity index (χ3n) is 2.22. The number of hydrogen-bond acceptors (Lipinski definition) is 4. The van der Waals surface area contributed by atoms with Crippen molar-refractivity contribution in [3.8, 4) is 0 Å². The first-order valence-corrected chi connectivity index (χ1v) is 6.68. The fourth-order valence-corrected chi connectivity index (χ4v) is 2.42. The number of aliphatic carboxylic acids is 1. The maximum atomic E-state index is 10.9. The van der Waals surface area contributed by atoms with Crippen molar-refractivity contribution in [2.24, 2.45) is 7.05 Å². The van der Waals surface area contributed by atoms with Crippen molar-refractivity contribution >= 4 is 35.2 Å². The maximum absolute atomic E-state index is 10.9. The zero-order chi connectivity index (χ0) is 13.7. The van der Waals surface area contributed by atoms with Crippen LogP contribution in [0.25, 0.3) is 0 Å². The Labute approximate surface area is 114 Å². The van der Waals surface area contributed by atoms with Gasteiger partial charge in [0.15, 0.2) is 0 Å². The summed E-state index contributed by atoms with van der Waals surface area (Å²) in [6.45, 7) is 1.29. The van der Waals surface area contributed by atoms with E-state index in [1.807, 2.05) is 0 Å². The SMILES string of the molecule is CC(=O)NC(CSCc1ncc(Cl)n1C)C(=O)O. The number of rotatable bonds is 6. The summed E-state index contributed by atoms with van der Waals surface area (Å²) in [5, 5.41) is 11.8. The summed E-state index contributed by atoms with van der Waals surface area (Å²) >= 11 is 7.20. The highest BCUT2D eigenvalue weighted by atomic mass is 35.5. The van der Waals surface area contributed by atoms with Gasteiger partial charge in [-0.3, -0.25) is 4.79 Å². The molecule has 6 nitrogen and oxygen atoms in total. The van der Waals surface area contributed by atoms with Crippen molar-refractivity contribution in [2.75, 3.05) is 5.75 Å². The maximum Gasteiger partial charge on any atom is 0.327 e. The summed E-state index contributed by atoms with van der Waals surface area (Å²) < 4.78 is 1.72. The van der Waals surface area contributed by atoms with Gasteiger partial charge in [-0.25, -0.2) is 9.78 Å².